The van der Waals surface area contributed by atoms with Crippen molar-refractivity contribution in [3.05, 3.63) is 48.1 Å². The molecule has 5 nitrogen and oxygen atoms in total. The highest BCUT2D eigenvalue weighted by atomic mass is 19.1. The zero-order chi connectivity index (χ0) is 12.8. The summed E-state index contributed by atoms with van der Waals surface area (Å²) in [6, 6.07) is 1.16. The number of rotatable bonds is 5. The monoisotopic (exact) mass is 248 g/mol. The number of aryl methyl sites for hydroxylation is 1. The van der Waals surface area contributed by atoms with Crippen LogP contribution in [0.25, 0.3) is 0 Å². The molecule has 94 valence electrons. The molecule has 2 heterocycles. The van der Waals surface area contributed by atoms with Crippen LogP contribution in [0.1, 0.15) is 22.6 Å². The van der Waals surface area contributed by atoms with Gasteiger partial charge in [0.25, 0.3) is 5.91 Å². The molecule has 2 aromatic heterocycles. The van der Waals surface area contributed by atoms with Crippen LogP contribution in [0.3, 0.4) is 0 Å². The highest BCUT2D eigenvalue weighted by Crippen LogP contribution is 2.00. The summed E-state index contributed by atoms with van der Waals surface area (Å²) in [6.45, 7) is 0.510. The van der Waals surface area contributed by atoms with Gasteiger partial charge in [-0.05, 0) is 12.5 Å². The van der Waals surface area contributed by atoms with Gasteiger partial charge in [0.15, 0.2) is 0 Å². The van der Waals surface area contributed by atoms with Crippen LogP contribution in [0.15, 0.2) is 30.9 Å². The molecule has 0 unspecified atom stereocenters. The molecule has 0 saturated heterocycles. The van der Waals surface area contributed by atoms with E-state index in [1.165, 1.54) is 6.20 Å². The summed E-state index contributed by atoms with van der Waals surface area (Å²) >= 11 is 0. The van der Waals surface area contributed by atoms with Crippen molar-refractivity contribution < 1.29 is 9.18 Å². The SMILES string of the molecule is O=C(NCCCc1ncc[nH]1)c1cncc(F)c1. The summed E-state index contributed by atoms with van der Waals surface area (Å²) < 4.78 is 12.8. The lowest BCUT2D eigenvalue weighted by Gasteiger charge is -2.04. The first-order valence-corrected chi connectivity index (χ1v) is 5.63. The summed E-state index contributed by atoms with van der Waals surface area (Å²) in [6.07, 6.45) is 7.37. The van der Waals surface area contributed by atoms with Gasteiger partial charge in [-0.15, -0.1) is 0 Å². The average molecular weight is 248 g/mol. The number of halogens is 1. The van der Waals surface area contributed by atoms with Crippen LogP contribution in [0.2, 0.25) is 0 Å². The number of aromatic amines is 1. The molecule has 0 aliphatic carbocycles. The van der Waals surface area contributed by atoms with Gasteiger partial charge in [-0.2, -0.15) is 0 Å². The Balaban J connectivity index is 1.75. The molecule has 2 rings (SSSR count). The molecule has 0 aliphatic heterocycles. The first-order valence-electron chi connectivity index (χ1n) is 5.63. The van der Waals surface area contributed by atoms with Gasteiger partial charge in [0.2, 0.25) is 0 Å². The third kappa shape index (κ3) is 3.38. The molecule has 1 amide bonds. The third-order valence-corrected chi connectivity index (χ3v) is 2.40. The number of amides is 1. The molecule has 0 aromatic carbocycles. The Morgan fingerprint density at radius 3 is 3.06 bits per heavy atom. The molecular weight excluding hydrogens is 235 g/mol. The summed E-state index contributed by atoms with van der Waals surface area (Å²) in [7, 11) is 0. The number of hydrogen-bond donors (Lipinski definition) is 2. The Kier molecular flexibility index (Phi) is 4.01. The van der Waals surface area contributed by atoms with E-state index in [9.17, 15) is 9.18 Å². The molecule has 0 bridgehead atoms. The molecule has 0 aliphatic rings. The van der Waals surface area contributed by atoms with E-state index in [0.29, 0.717) is 6.54 Å². The Hall–Kier alpha value is -2.24. The molecule has 18 heavy (non-hydrogen) atoms. The standard InChI is InChI=1S/C12H13FN4O/c13-10-6-9(7-14-8-10)12(18)17-3-1-2-11-15-4-5-16-11/h4-8H,1-3H2,(H,15,16)(H,17,18). The number of carbonyl (C=O) groups excluding carboxylic acids is 1. The lowest BCUT2D eigenvalue weighted by Crippen LogP contribution is -2.25. The Labute approximate surface area is 103 Å². The van der Waals surface area contributed by atoms with E-state index in [2.05, 4.69) is 20.3 Å². The molecular formula is C12H13FN4O. The van der Waals surface area contributed by atoms with Crippen LogP contribution in [0, 0.1) is 5.82 Å². The van der Waals surface area contributed by atoms with E-state index in [1.807, 2.05) is 0 Å². The zero-order valence-corrected chi connectivity index (χ0v) is 9.69. The Bertz CT molecular complexity index is 513. The van der Waals surface area contributed by atoms with E-state index in [-0.39, 0.29) is 11.5 Å². The number of aromatic nitrogens is 3. The maximum Gasteiger partial charge on any atom is 0.252 e. The van der Waals surface area contributed by atoms with Gasteiger partial charge in [0, 0.05) is 31.6 Å². The second-order valence-electron chi connectivity index (χ2n) is 3.79. The summed E-state index contributed by atoms with van der Waals surface area (Å²) in [5.41, 5.74) is 0.230. The Morgan fingerprint density at radius 2 is 2.33 bits per heavy atom. The van der Waals surface area contributed by atoms with E-state index in [1.54, 1.807) is 12.4 Å². The lowest BCUT2D eigenvalue weighted by molar-refractivity contribution is 0.0952. The number of carbonyl (C=O) groups is 1. The molecule has 0 fully saturated rings. The quantitative estimate of drug-likeness (QED) is 0.784. The lowest BCUT2D eigenvalue weighted by atomic mass is 10.2. The normalized spacial score (nSPS) is 10.3. The van der Waals surface area contributed by atoms with E-state index in [0.717, 1.165) is 30.9 Å². The first kappa shape index (κ1) is 12.2. The van der Waals surface area contributed by atoms with Gasteiger partial charge < -0.3 is 10.3 Å². The fourth-order valence-corrected chi connectivity index (χ4v) is 1.53. The van der Waals surface area contributed by atoms with Crippen molar-refractivity contribution in [3.63, 3.8) is 0 Å². The van der Waals surface area contributed by atoms with Gasteiger partial charge in [-0.3, -0.25) is 9.78 Å². The average Bonchev–Trinajstić information content (AvgIpc) is 2.87. The number of nitrogens with one attached hydrogen (secondary N) is 2. The number of hydrogen-bond acceptors (Lipinski definition) is 3. The summed E-state index contributed by atoms with van der Waals surface area (Å²) in [5.74, 6) is 0.0522. The summed E-state index contributed by atoms with van der Waals surface area (Å²) in [5, 5.41) is 2.70. The predicted molar refractivity (Wildman–Crippen MR) is 63.4 cm³/mol. The number of imidazole rings is 1. The van der Waals surface area contributed by atoms with Gasteiger partial charge in [-0.25, -0.2) is 9.37 Å². The highest BCUT2D eigenvalue weighted by Gasteiger charge is 2.06. The van der Waals surface area contributed by atoms with E-state index >= 15 is 0 Å². The minimum absolute atomic E-state index is 0.230. The number of H-pyrrole nitrogens is 1. The van der Waals surface area contributed by atoms with Gasteiger partial charge >= 0.3 is 0 Å². The fourth-order valence-electron chi connectivity index (χ4n) is 1.53. The van der Waals surface area contributed by atoms with Crippen LogP contribution < -0.4 is 5.32 Å². The first-order chi connectivity index (χ1) is 8.75. The number of pyridine rings is 1. The molecule has 0 radical (unpaired) electrons. The van der Waals surface area contributed by atoms with Crippen molar-refractivity contribution in [2.24, 2.45) is 0 Å². The van der Waals surface area contributed by atoms with Crippen LogP contribution in [-0.2, 0) is 6.42 Å². The van der Waals surface area contributed by atoms with Crippen molar-refractivity contribution in [3.8, 4) is 0 Å². The maximum absolute atomic E-state index is 12.8. The highest BCUT2D eigenvalue weighted by molar-refractivity contribution is 5.93. The van der Waals surface area contributed by atoms with E-state index < -0.39 is 5.82 Å². The van der Waals surface area contributed by atoms with Gasteiger partial charge in [-0.1, -0.05) is 0 Å². The Morgan fingerprint density at radius 1 is 1.44 bits per heavy atom. The van der Waals surface area contributed by atoms with Crippen molar-refractivity contribution in [2.45, 2.75) is 12.8 Å². The minimum Gasteiger partial charge on any atom is -0.352 e. The van der Waals surface area contributed by atoms with Crippen molar-refractivity contribution >= 4 is 5.91 Å². The van der Waals surface area contributed by atoms with Gasteiger partial charge in [0.05, 0.1) is 11.8 Å². The number of nitrogens with zero attached hydrogens (tertiary/aromatic N) is 2. The molecule has 2 aromatic rings. The summed E-state index contributed by atoms with van der Waals surface area (Å²) in [4.78, 5) is 22.3. The van der Waals surface area contributed by atoms with Crippen LogP contribution in [-0.4, -0.2) is 27.4 Å². The predicted octanol–water partition coefficient (Wildman–Crippen LogP) is 1.31. The van der Waals surface area contributed by atoms with Crippen molar-refractivity contribution in [2.75, 3.05) is 6.54 Å². The van der Waals surface area contributed by atoms with Crippen molar-refractivity contribution in [1.82, 2.24) is 20.3 Å². The fraction of sp³-hybridized carbons (Fsp3) is 0.250. The molecule has 0 spiro atoms. The van der Waals surface area contributed by atoms with E-state index in [4.69, 9.17) is 0 Å². The molecule has 0 atom stereocenters. The second kappa shape index (κ2) is 5.90. The largest absolute Gasteiger partial charge is 0.352 e. The third-order valence-electron chi connectivity index (χ3n) is 2.40. The van der Waals surface area contributed by atoms with Crippen LogP contribution in [0.5, 0.6) is 0 Å². The van der Waals surface area contributed by atoms with Gasteiger partial charge in [0.1, 0.15) is 11.6 Å². The molecule has 0 saturated carbocycles. The van der Waals surface area contributed by atoms with Crippen LogP contribution >= 0.6 is 0 Å². The second-order valence-corrected chi connectivity index (χ2v) is 3.79. The zero-order valence-electron chi connectivity index (χ0n) is 9.69. The van der Waals surface area contributed by atoms with Crippen LogP contribution in [0.4, 0.5) is 4.39 Å². The molecule has 2 N–H and O–H groups in total. The maximum atomic E-state index is 12.8. The van der Waals surface area contributed by atoms with Crippen molar-refractivity contribution in [1.29, 1.82) is 0 Å². The topological polar surface area (TPSA) is 70.7 Å². The smallest absolute Gasteiger partial charge is 0.252 e. The molecule has 6 heteroatoms. The minimum atomic E-state index is -0.516.